The minimum atomic E-state index is -0.0746. The fraction of sp³-hybridized carbons (Fsp3) is 0.500. The van der Waals surface area contributed by atoms with Crippen molar-refractivity contribution in [2.45, 2.75) is 24.9 Å². The Morgan fingerprint density at radius 2 is 2.21 bits per heavy atom. The van der Waals surface area contributed by atoms with Crippen LogP contribution in [0.2, 0.25) is 0 Å². The summed E-state index contributed by atoms with van der Waals surface area (Å²) in [6.45, 7) is 3.42. The smallest absolute Gasteiger partial charge is 0.276 e. The molecule has 2 aromatic rings. The number of hydrogen-bond donors (Lipinski definition) is 0. The van der Waals surface area contributed by atoms with Gasteiger partial charge >= 0.3 is 0 Å². The van der Waals surface area contributed by atoms with Gasteiger partial charge in [-0.2, -0.15) is 0 Å². The summed E-state index contributed by atoms with van der Waals surface area (Å²) in [5.41, 5.74) is 1.16. The van der Waals surface area contributed by atoms with E-state index >= 15 is 0 Å². The molecule has 0 saturated carbocycles. The molecule has 0 amide bonds. The second-order valence-corrected chi connectivity index (χ2v) is 6.08. The first kappa shape index (κ1) is 13.1. The van der Waals surface area contributed by atoms with E-state index in [9.17, 15) is 0 Å². The molecule has 3 rings (SSSR count). The molecule has 0 spiro atoms. The van der Waals surface area contributed by atoms with Crippen LogP contribution in [0.3, 0.4) is 0 Å². The second-order valence-electron chi connectivity index (χ2n) is 4.11. The van der Waals surface area contributed by atoms with E-state index in [2.05, 4.69) is 10.2 Å². The van der Waals surface area contributed by atoms with Crippen LogP contribution in [0, 0.1) is 6.92 Å². The van der Waals surface area contributed by atoms with Crippen molar-refractivity contribution in [2.75, 3.05) is 19.0 Å². The van der Waals surface area contributed by atoms with Gasteiger partial charge in [0.15, 0.2) is 6.29 Å². The summed E-state index contributed by atoms with van der Waals surface area (Å²) in [7, 11) is 0. The lowest BCUT2D eigenvalue weighted by atomic mass is 10.3. The van der Waals surface area contributed by atoms with E-state index in [-0.39, 0.29) is 6.29 Å². The van der Waals surface area contributed by atoms with Crippen LogP contribution in [-0.2, 0) is 9.47 Å². The van der Waals surface area contributed by atoms with Crippen LogP contribution in [0.15, 0.2) is 21.1 Å². The number of thioether (sulfide) groups is 1. The van der Waals surface area contributed by atoms with Gasteiger partial charge in [-0.15, -0.1) is 21.5 Å². The fourth-order valence-corrected chi connectivity index (χ4v) is 3.33. The first-order valence-electron chi connectivity index (χ1n) is 6.07. The summed E-state index contributed by atoms with van der Waals surface area (Å²) in [4.78, 5) is 1.04. The third-order valence-electron chi connectivity index (χ3n) is 2.73. The SMILES string of the molecule is Cc1ccsc1-c1nnc(SCCC2OCCO2)o1. The van der Waals surface area contributed by atoms with E-state index in [4.69, 9.17) is 13.9 Å². The summed E-state index contributed by atoms with van der Waals surface area (Å²) < 4.78 is 16.4. The Balaban J connectivity index is 1.55. The number of hydrogen-bond acceptors (Lipinski definition) is 7. The van der Waals surface area contributed by atoms with E-state index in [0.29, 0.717) is 24.3 Å². The summed E-state index contributed by atoms with van der Waals surface area (Å²) >= 11 is 3.15. The summed E-state index contributed by atoms with van der Waals surface area (Å²) in [6.07, 6.45) is 0.759. The van der Waals surface area contributed by atoms with Crippen molar-refractivity contribution in [1.82, 2.24) is 10.2 Å². The quantitative estimate of drug-likeness (QED) is 0.791. The van der Waals surface area contributed by atoms with Gasteiger partial charge in [0.1, 0.15) is 0 Å². The van der Waals surface area contributed by atoms with Crippen molar-refractivity contribution in [3.05, 3.63) is 17.0 Å². The standard InChI is InChI=1S/C12H14N2O3S2/c1-8-2-6-18-10(8)11-13-14-12(17-11)19-7-3-9-15-4-5-16-9/h2,6,9H,3-5,7H2,1H3. The Bertz CT molecular complexity index is 535. The zero-order chi connectivity index (χ0) is 13.1. The molecule has 1 saturated heterocycles. The topological polar surface area (TPSA) is 57.4 Å². The lowest BCUT2D eigenvalue weighted by Crippen LogP contribution is -2.08. The minimum Gasteiger partial charge on any atom is -0.410 e. The average Bonchev–Trinajstić information content (AvgIpc) is 3.10. The molecule has 0 radical (unpaired) electrons. The van der Waals surface area contributed by atoms with Gasteiger partial charge in [0.05, 0.1) is 18.1 Å². The van der Waals surface area contributed by atoms with Gasteiger partial charge in [-0.05, 0) is 23.9 Å². The molecule has 0 bridgehead atoms. The Kier molecular flexibility index (Phi) is 4.17. The lowest BCUT2D eigenvalue weighted by molar-refractivity contribution is -0.0421. The van der Waals surface area contributed by atoms with Crippen molar-refractivity contribution in [3.63, 3.8) is 0 Å². The second kappa shape index (κ2) is 6.04. The predicted octanol–water partition coefficient (Wildman–Crippen LogP) is 2.96. The van der Waals surface area contributed by atoms with Gasteiger partial charge in [0, 0.05) is 12.2 Å². The summed E-state index contributed by atoms with van der Waals surface area (Å²) in [6, 6.07) is 2.05. The molecule has 1 aliphatic heterocycles. The monoisotopic (exact) mass is 298 g/mol. The van der Waals surface area contributed by atoms with Crippen molar-refractivity contribution in [1.29, 1.82) is 0 Å². The van der Waals surface area contributed by atoms with Crippen LogP contribution < -0.4 is 0 Å². The molecular formula is C12H14N2O3S2. The molecule has 2 aromatic heterocycles. The van der Waals surface area contributed by atoms with Gasteiger partial charge in [0.25, 0.3) is 11.1 Å². The molecule has 3 heterocycles. The third-order valence-corrected chi connectivity index (χ3v) is 4.59. The van der Waals surface area contributed by atoms with Crippen LogP contribution >= 0.6 is 23.1 Å². The van der Waals surface area contributed by atoms with Crippen molar-refractivity contribution >= 4 is 23.1 Å². The van der Waals surface area contributed by atoms with Crippen LogP contribution in [-0.4, -0.2) is 35.5 Å². The largest absolute Gasteiger partial charge is 0.410 e. The Morgan fingerprint density at radius 3 is 2.95 bits per heavy atom. The maximum absolute atomic E-state index is 5.64. The Hall–Kier alpha value is -0.890. The summed E-state index contributed by atoms with van der Waals surface area (Å²) in [5.74, 6) is 1.44. The number of thiophene rings is 1. The van der Waals surface area contributed by atoms with Gasteiger partial charge in [-0.3, -0.25) is 0 Å². The molecular weight excluding hydrogens is 284 g/mol. The van der Waals surface area contributed by atoms with Crippen molar-refractivity contribution < 1.29 is 13.9 Å². The number of aryl methyl sites for hydroxylation is 1. The number of ether oxygens (including phenoxy) is 2. The van der Waals surface area contributed by atoms with Crippen LogP contribution in [0.1, 0.15) is 12.0 Å². The van der Waals surface area contributed by atoms with Gasteiger partial charge in [-0.25, -0.2) is 0 Å². The molecule has 1 aliphatic rings. The first-order chi connectivity index (χ1) is 9.33. The highest BCUT2D eigenvalue weighted by atomic mass is 32.2. The normalized spacial score (nSPS) is 16.3. The van der Waals surface area contributed by atoms with Crippen LogP contribution in [0.25, 0.3) is 10.8 Å². The molecule has 0 atom stereocenters. The Morgan fingerprint density at radius 1 is 1.37 bits per heavy atom. The number of rotatable bonds is 5. The fourth-order valence-electron chi connectivity index (χ4n) is 1.77. The minimum absolute atomic E-state index is 0.0746. The molecule has 0 aromatic carbocycles. The molecule has 102 valence electrons. The molecule has 0 aliphatic carbocycles. The van der Waals surface area contributed by atoms with E-state index in [1.807, 2.05) is 18.4 Å². The van der Waals surface area contributed by atoms with Crippen LogP contribution in [0.5, 0.6) is 0 Å². The predicted molar refractivity (Wildman–Crippen MR) is 73.4 cm³/mol. The highest BCUT2D eigenvalue weighted by Crippen LogP contribution is 2.30. The number of aromatic nitrogens is 2. The van der Waals surface area contributed by atoms with Gasteiger partial charge < -0.3 is 13.9 Å². The van der Waals surface area contributed by atoms with Crippen LogP contribution in [0.4, 0.5) is 0 Å². The molecule has 0 N–H and O–H groups in total. The maximum Gasteiger partial charge on any atom is 0.276 e. The maximum atomic E-state index is 5.64. The zero-order valence-electron chi connectivity index (χ0n) is 10.5. The van der Waals surface area contributed by atoms with Crippen molar-refractivity contribution in [3.8, 4) is 10.8 Å². The van der Waals surface area contributed by atoms with Gasteiger partial charge in [0.2, 0.25) is 0 Å². The van der Waals surface area contributed by atoms with E-state index in [0.717, 1.165) is 22.6 Å². The van der Waals surface area contributed by atoms with Gasteiger partial charge in [-0.1, -0.05) is 11.8 Å². The van der Waals surface area contributed by atoms with E-state index in [1.54, 1.807) is 11.3 Å². The zero-order valence-corrected chi connectivity index (χ0v) is 12.1. The van der Waals surface area contributed by atoms with E-state index in [1.165, 1.54) is 11.8 Å². The first-order valence-corrected chi connectivity index (χ1v) is 7.93. The average molecular weight is 298 g/mol. The lowest BCUT2D eigenvalue weighted by Gasteiger charge is -2.06. The highest BCUT2D eigenvalue weighted by molar-refractivity contribution is 7.99. The molecule has 5 nitrogen and oxygen atoms in total. The molecule has 7 heteroatoms. The van der Waals surface area contributed by atoms with Crippen molar-refractivity contribution in [2.24, 2.45) is 0 Å². The number of nitrogens with zero attached hydrogens (tertiary/aromatic N) is 2. The molecule has 1 fully saturated rings. The Labute approximate surface area is 119 Å². The highest BCUT2D eigenvalue weighted by Gasteiger charge is 2.17. The molecule has 0 unspecified atom stereocenters. The molecule has 19 heavy (non-hydrogen) atoms. The third kappa shape index (κ3) is 3.17. The summed E-state index contributed by atoms with van der Waals surface area (Å²) in [5, 5.41) is 10.8. The van der Waals surface area contributed by atoms with E-state index < -0.39 is 0 Å².